The van der Waals surface area contributed by atoms with E-state index in [0.29, 0.717) is 24.9 Å². The Hall–Kier alpha value is -0.610. The molecule has 2 fully saturated rings. The Labute approximate surface area is 123 Å². The number of likely N-dealkylation sites (tertiary alicyclic amines) is 1. The van der Waals surface area contributed by atoms with Crippen molar-refractivity contribution in [3.8, 4) is 0 Å². The van der Waals surface area contributed by atoms with Crippen molar-refractivity contribution in [1.29, 1.82) is 0 Å². The number of hydrogen-bond donors (Lipinski definition) is 1. The molecule has 1 aliphatic carbocycles. The Morgan fingerprint density at radius 3 is 2.40 bits per heavy atom. The number of carbonyl (C=O) groups is 1. The van der Waals surface area contributed by atoms with Crippen LogP contribution in [0.4, 0.5) is 0 Å². The molecule has 0 aromatic rings. The van der Waals surface area contributed by atoms with Crippen molar-refractivity contribution < 1.29 is 4.79 Å². The second kappa shape index (κ2) is 7.41. The van der Waals surface area contributed by atoms with Gasteiger partial charge in [-0.2, -0.15) is 0 Å². The van der Waals surface area contributed by atoms with Crippen molar-refractivity contribution in [1.82, 2.24) is 9.80 Å². The van der Waals surface area contributed by atoms with Crippen LogP contribution in [0, 0.1) is 5.92 Å². The van der Waals surface area contributed by atoms with Crippen LogP contribution in [0.5, 0.6) is 0 Å². The van der Waals surface area contributed by atoms with Gasteiger partial charge in [0, 0.05) is 44.7 Å². The fraction of sp³-hybridized carbons (Fsp3) is 0.938. The summed E-state index contributed by atoms with van der Waals surface area (Å²) in [7, 11) is 0. The van der Waals surface area contributed by atoms with Crippen LogP contribution >= 0.6 is 0 Å². The van der Waals surface area contributed by atoms with Crippen LogP contribution in [-0.2, 0) is 4.79 Å². The number of piperidine rings is 1. The summed E-state index contributed by atoms with van der Waals surface area (Å²) < 4.78 is 0. The molecular weight excluding hydrogens is 250 g/mol. The average Bonchev–Trinajstić information content (AvgIpc) is 3.27. The molecule has 0 spiro atoms. The van der Waals surface area contributed by atoms with Crippen LogP contribution in [0.3, 0.4) is 0 Å². The van der Waals surface area contributed by atoms with Gasteiger partial charge in [0.15, 0.2) is 0 Å². The van der Waals surface area contributed by atoms with Crippen molar-refractivity contribution >= 4 is 5.91 Å². The SMILES string of the molecule is CC(C)N(CC1CC1)C(CN)CC(=O)N1CCCCC1. The standard InChI is InChI=1S/C16H31N3O/c1-13(2)19(12-14-6-7-14)15(11-17)10-16(20)18-8-4-3-5-9-18/h13-15H,3-12,17H2,1-2H3. The minimum atomic E-state index is 0.213. The number of nitrogens with zero attached hydrogens (tertiary/aromatic N) is 2. The molecule has 0 radical (unpaired) electrons. The van der Waals surface area contributed by atoms with Gasteiger partial charge in [0.25, 0.3) is 0 Å². The second-order valence-corrected chi connectivity index (χ2v) is 6.77. The molecule has 1 atom stereocenters. The van der Waals surface area contributed by atoms with Crippen LogP contribution < -0.4 is 5.73 Å². The van der Waals surface area contributed by atoms with Gasteiger partial charge in [0.05, 0.1) is 0 Å². The van der Waals surface area contributed by atoms with Crippen molar-refractivity contribution in [2.24, 2.45) is 11.7 Å². The maximum absolute atomic E-state index is 12.4. The molecule has 1 saturated carbocycles. The maximum atomic E-state index is 12.4. The lowest BCUT2D eigenvalue weighted by Gasteiger charge is -2.36. The lowest BCUT2D eigenvalue weighted by Crippen LogP contribution is -2.49. The second-order valence-electron chi connectivity index (χ2n) is 6.77. The van der Waals surface area contributed by atoms with Crippen molar-refractivity contribution in [3.05, 3.63) is 0 Å². The molecule has 0 aromatic heterocycles. The number of rotatable bonds is 7. The van der Waals surface area contributed by atoms with Crippen molar-refractivity contribution in [2.45, 2.75) is 64.5 Å². The van der Waals surface area contributed by atoms with Crippen molar-refractivity contribution in [2.75, 3.05) is 26.2 Å². The predicted octanol–water partition coefficient (Wildman–Crippen LogP) is 1.84. The van der Waals surface area contributed by atoms with Gasteiger partial charge in [-0.25, -0.2) is 0 Å². The van der Waals surface area contributed by atoms with E-state index in [0.717, 1.165) is 38.4 Å². The number of carbonyl (C=O) groups excluding carboxylic acids is 1. The normalized spacial score (nSPS) is 21.6. The summed E-state index contributed by atoms with van der Waals surface area (Å²) in [6, 6.07) is 0.684. The number of nitrogens with two attached hydrogens (primary N) is 1. The highest BCUT2D eigenvalue weighted by Crippen LogP contribution is 2.31. The Balaban J connectivity index is 1.89. The topological polar surface area (TPSA) is 49.6 Å². The molecule has 1 saturated heterocycles. The first kappa shape index (κ1) is 15.8. The van der Waals surface area contributed by atoms with E-state index in [4.69, 9.17) is 5.73 Å². The van der Waals surface area contributed by atoms with E-state index in [-0.39, 0.29) is 6.04 Å². The summed E-state index contributed by atoms with van der Waals surface area (Å²) in [5.74, 6) is 1.15. The summed E-state index contributed by atoms with van der Waals surface area (Å²) in [5.41, 5.74) is 5.97. The van der Waals surface area contributed by atoms with Crippen LogP contribution in [-0.4, -0.2) is 54.0 Å². The van der Waals surface area contributed by atoms with Gasteiger partial charge in [-0.05, 0) is 51.9 Å². The van der Waals surface area contributed by atoms with Crippen LogP contribution in [0.2, 0.25) is 0 Å². The lowest BCUT2D eigenvalue weighted by atomic mass is 10.1. The summed E-state index contributed by atoms with van der Waals surface area (Å²) >= 11 is 0. The van der Waals surface area contributed by atoms with E-state index >= 15 is 0 Å². The zero-order chi connectivity index (χ0) is 14.5. The molecule has 2 aliphatic rings. The van der Waals surface area contributed by atoms with Crippen molar-refractivity contribution in [3.63, 3.8) is 0 Å². The summed E-state index contributed by atoms with van der Waals surface area (Å²) in [6.45, 7) is 8.03. The zero-order valence-corrected chi connectivity index (χ0v) is 13.2. The van der Waals surface area contributed by atoms with E-state index in [9.17, 15) is 4.79 Å². The summed E-state index contributed by atoms with van der Waals surface area (Å²) in [5, 5.41) is 0. The van der Waals surface area contributed by atoms with E-state index in [2.05, 4.69) is 18.7 Å². The fourth-order valence-electron chi connectivity index (χ4n) is 3.19. The van der Waals surface area contributed by atoms with E-state index in [1.54, 1.807) is 0 Å². The predicted molar refractivity (Wildman–Crippen MR) is 82.5 cm³/mol. The molecule has 4 heteroatoms. The Morgan fingerprint density at radius 1 is 1.25 bits per heavy atom. The molecule has 116 valence electrons. The molecule has 0 aromatic carbocycles. The Bertz CT molecular complexity index is 309. The molecule has 1 unspecified atom stereocenters. The van der Waals surface area contributed by atoms with E-state index in [1.165, 1.54) is 19.3 Å². The largest absolute Gasteiger partial charge is 0.343 e. The highest BCUT2D eigenvalue weighted by atomic mass is 16.2. The Morgan fingerprint density at radius 2 is 1.90 bits per heavy atom. The van der Waals surface area contributed by atoms with Gasteiger partial charge in [0.1, 0.15) is 0 Å². The highest BCUT2D eigenvalue weighted by Gasteiger charge is 2.31. The smallest absolute Gasteiger partial charge is 0.224 e. The van der Waals surface area contributed by atoms with Crippen LogP contribution in [0.25, 0.3) is 0 Å². The zero-order valence-electron chi connectivity index (χ0n) is 13.2. The van der Waals surface area contributed by atoms with Gasteiger partial charge in [-0.3, -0.25) is 9.69 Å². The first-order valence-corrected chi connectivity index (χ1v) is 8.35. The molecule has 1 aliphatic heterocycles. The average molecular weight is 281 g/mol. The first-order valence-electron chi connectivity index (χ1n) is 8.35. The van der Waals surface area contributed by atoms with Gasteiger partial charge in [-0.15, -0.1) is 0 Å². The lowest BCUT2D eigenvalue weighted by molar-refractivity contribution is -0.133. The highest BCUT2D eigenvalue weighted by molar-refractivity contribution is 5.77. The molecule has 20 heavy (non-hydrogen) atoms. The van der Waals surface area contributed by atoms with Gasteiger partial charge < -0.3 is 10.6 Å². The minimum absolute atomic E-state index is 0.213. The third-order valence-corrected chi connectivity index (χ3v) is 4.69. The minimum Gasteiger partial charge on any atom is -0.343 e. The fourth-order valence-corrected chi connectivity index (χ4v) is 3.19. The van der Waals surface area contributed by atoms with E-state index in [1.807, 2.05) is 4.90 Å². The first-order chi connectivity index (χ1) is 9.61. The van der Waals surface area contributed by atoms with Gasteiger partial charge in [0.2, 0.25) is 5.91 Å². The Kier molecular flexibility index (Phi) is 5.85. The molecule has 2 rings (SSSR count). The van der Waals surface area contributed by atoms with Crippen LogP contribution in [0.1, 0.15) is 52.4 Å². The molecule has 2 N–H and O–H groups in total. The molecule has 4 nitrogen and oxygen atoms in total. The third-order valence-electron chi connectivity index (χ3n) is 4.69. The molecular formula is C16H31N3O. The quantitative estimate of drug-likeness (QED) is 0.774. The molecule has 1 amide bonds. The van der Waals surface area contributed by atoms with Crippen LogP contribution in [0.15, 0.2) is 0 Å². The monoisotopic (exact) mass is 281 g/mol. The molecule has 0 bridgehead atoms. The number of hydrogen-bond acceptors (Lipinski definition) is 3. The van der Waals surface area contributed by atoms with Gasteiger partial charge >= 0.3 is 0 Å². The maximum Gasteiger partial charge on any atom is 0.224 e. The summed E-state index contributed by atoms with van der Waals surface area (Å²) in [4.78, 5) is 16.9. The molecule has 1 heterocycles. The van der Waals surface area contributed by atoms with Gasteiger partial charge in [-0.1, -0.05) is 0 Å². The van der Waals surface area contributed by atoms with E-state index < -0.39 is 0 Å². The third kappa shape index (κ3) is 4.45. The summed E-state index contributed by atoms with van der Waals surface area (Å²) in [6.07, 6.45) is 6.89. The number of amides is 1.